The van der Waals surface area contributed by atoms with E-state index in [0.29, 0.717) is 24.3 Å². The second-order valence-corrected chi connectivity index (χ2v) is 5.82. The lowest BCUT2D eigenvalue weighted by atomic mass is 10.0. The van der Waals surface area contributed by atoms with Gasteiger partial charge in [0.05, 0.1) is 24.3 Å². The molecule has 1 amide bonds. The number of halogens is 2. The molecule has 0 radical (unpaired) electrons. The first-order valence-corrected chi connectivity index (χ1v) is 7.67. The zero-order valence-electron chi connectivity index (χ0n) is 12.4. The van der Waals surface area contributed by atoms with Crippen molar-refractivity contribution in [1.82, 2.24) is 4.90 Å². The Bertz CT molecular complexity index is 568. The van der Waals surface area contributed by atoms with Gasteiger partial charge in [-0.25, -0.2) is 4.79 Å². The van der Waals surface area contributed by atoms with Crippen LogP contribution >= 0.6 is 23.2 Å². The fourth-order valence-corrected chi connectivity index (χ4v) is 3.24. The predicted molar refractivity (Wildman–Crippen MR) is 83.7 cm³/mol. The van der Waals surface area contributed by atoms with Crippen molar-refractivity contribution in [3.63, 3.8) is 0 Å². The highest BCUT2D eigenvalue weighted by Gasteiger charge is 2.33. The van der Waals surface area contributed by atoms with E-state index in [9.17, 15) is 9.59 Å². The van der Waals surface area contributed by atoms with Gasteiger partial charge < -0.3 is 14.4 Å². The van der Waals surface area contributed by atoms with Gasteiger partial charge in [-0.1, -0.05) is 23.2 Å². The van der Waals surface area contributed by atoms with E-state index < -0.39 is 12.0 Å². The first-order valence-electron chi connectivity index (χ1n) is 6.91. The fraction of sp³-hybridized carbons (Fsp3) is 0.467. The molecule has 0 spiro atoms. The number of carbonyl (C=O) groups excluding carboxylic acids is 2. The number of piperidine rings is 1. The van der Waals surface area contributed by atoms with Crippen LogP contribution in [0.2, 0.25) is 10.0 Å². The highest BCUT2D eigenvalue weighted by molar-refractivity contribution is 6.37. The molecule has 120 valence electrons. The molecule has 0 unspecified atom stereocenters. The first kappa shape index (κ1) is 16.9. The van der Waals surface area contributed by atoms with Crippen LogP contribution in [0.5, 0.6) is 5.75 Å². The highest BCUT2D eigenvalue weighted by Crippen LogP contribution is 2.34. The van der Waals surface area contributed by atoms with Gasteiger partial charge >= 0.3 is 5.97 Å². The average molecular weight is 346 g/mol. The molecule has 0 aromatic heterocycles. The van der Waals surface area contributed by atoms with Crippen molar-refractivity contribution in [2.75, 3.05) is 20.8 Å². The van der Waals surface area contributed by atoms with Crippen LogP contribution in [-0.4, -0.2) is 43.6 Å². The van der Waals surface area contributed by atoms with E-state index in [-0.39, 0.29) is 16.0 Å². The molecule has 7 heteroatoms. The van der Waals surface area contributed by atoms with E-state index in [4.69, 9.17) is 32.7 Å². The maximum absolute atomic E-state index is 12.7. The summed E-state index contributed by atoms with van der Waals surface area (Å²) in [7, 11) is 2.77. The number of benzene rings is 1. The van der Waals surface area contributed by atoms with Crippen molar-refractivity contribution in [3.8, 4) is 5.75 Å². The van der Waals surface area contributed by atoms with Gasteiger partial charge in [-0.2, -0.15) is 0 Å². The zero-order chi connectivity index (χ0) is 16.3. The average Bonchev–Trinajstić information content (AvgIpc) is 2.53. The van der Waals surface area contributed by atoms with Crippen molar-refractivity contribution in [1.29, 1.82) is 0 Å². The quantitative estimate of drug-likeness (QED) is 0.789. The topological polar surface area (TPSA) is 55.8 Å². The number of amides is 1. The lowest BCUT2D eigenvalue weighted by molar-refractivity contribution is -0.147. The minimum atomic E-state index is -0.564. The number of methoxy groups -OCH3 is 2. The number of carbonyl (C=O) groups is 2. The third-order valence-corrected chi connectivity index (χ3v) is 4.25. The van der Waals surface area contributed by atoms with Crippen LogP contribution in [-0.2, 0) is 9.53 Å². The molecule has 1 saturated heterocycles. The van der Waals surface area contributed by atoms with Gasteiger partial charge in [-0.15, -0.1) is 0 Å². The van der Waals surface area contributed by atoms with Crippen LogP contribution in [0.25, 0.3) is 0 Å². The van der Waals surface area contributed by atoms with Crippen molar-refractivity contribution >= 4 is 35.1 Å². The Labute approximate surface area is 139 Å². The minimum Gasteiger partial charge on any atom is -0.494 e. The maximum atomic E-state index is 12.7. The number of rotatable bonds is 3. The number of esters is 1. The Kier molecular flexibility index (Phi) is 5.53. The van der Waals surface area contributed by atoms with E-state index in [1.165, 1.54) is 31.3 Å². The predicted octanol–water partition coefficient (Wildman–Crippen LogP) is 3.17. The SMILES string of the molecule is COC(=O)[C@H]1CCCCN1C(=O)c1cc(Cl)c(OC)c(Cl)c1. The van der Waals surface area contributed by atoms with Crippen molar-refractivity contribution in [2.24, 2.45) is 0 Å². The Hall–Kier alpha value is -1.46. The van der Waals surface area contributed by atoms with Crippen molar-refractivity contribution in [2.45, 2.75) is 25.3 Å². The standard InChI is InChI=1S/C15H17Cl2NO4/c1-21-13-10(16)7-9(8-11(13)17)14(19)18-6-4-3-5-12(18)15(20)22-2/h7-8,12H,3-6H2,1-2H3/t12-/m1/s1. The molecule has 1 aromatic rings. The van der Waals surface area contributed by atoms with E-state index in [1.807, 2.05) is 0 Å². The Morgan fingerprint density at radius 3 is 2.36 bits per heavy atom. The molecule has 0 N–H and O–H groups in total. The molecule has 0 bridgehead atoms. The molecule has 1 atom stereocenters. The fourth-order valence-electron chi connectivity index (χ4n) is 2.60. The summed E-state index contributed by atoms with van der Waals surface area (Å²) in [6.07, 6.45) is 2.32. The Morgan fingerprint density at radius 2 is 1.82 bits per heavy atom. The second kappa shape index (κ2) is 7.20. The number of likely N-dealkylation sites (tertiary alicyclic amines) is 1. The van der Waals surface area contributed by atoms with Crippen LogP contribution in [0.3, 0.4) is 0 Å². The Balaban J connectivity index is 2.31. The van der Waals surface area contributed by atoms with Crippen LogP contribution < -0.4 is 4.74 Å². The molecule has 1 aliphatic heterocycles. The number of ether oxygens (including phenoxy) is 2. The molecule has 22 heavy (non-hydrogen) atoms. The normalized spacial score (nSPS) is 18.0. The molecular weight excluding hydrogens is 329 g/mol. The van der Waals surface area contributed by atoms with Crippen LogP contribution in [0.15, 0.2) is 12.1 Å². The summed E-state index contributed by atoms with van der Waals surface area (Å²) < 4.78 is 9.85. The molecular formula is C15H17Cl2NO4. The maximum Gasteiger partial charge on any atom is 0.328 e. The zero-order valence-corrected chi connectivity index (χ0v) is 13.9. The summed E-state index contributed by atoms with van der Waals surface area (Å²) in [5.41, 5.74) is 0.326. The van der Waals surface area contributed by atoms with Crippen LogP contribution in [0.4, 0.5) is 0 Å². The molecule has 1 aliphatic rings. The van der Waals surface area contributed by atoms with E-state index in [1.54, 1.807) is 0 Å². The number of hydrogen-bond acceptors (Lipinski definition) is 4. The smallest absolute Gasteiger partial charge is 0.328 e. The molecule has 1 aromatic carbocycles. The summed E-state index contributed by atoms with van der Waals surface area (Å²) in [4.78, 5) is 26.1. The number of hydrogen-bond donors (Lipinski definition) is 0. The Morgan fingerprint density at radius 1 is 1.18 bits per heavy atom. The van der Waals surface area contributed by atoms with Gasteiger partial charge in [0.15, 0.2) is 5.75 Å². The molecule has 2 rings (SSSR count). The van der Waals surface area contributed by atoms with Crippen LogP contribution in [0.1, 0.15) is 29.6 Å². The van der Waals surface area contributed by atoms with E-state index in [2.05, 4.69) is 0 Å². The lowest BCUT2D eigenvalue weighted by Gasteiger charge is -2.33. The largest absolute Gasteiger partial charge is 0.494 e. The van der Waals surface area contributed by atoms with Crippen LogP contribution in [0, 0.1) is 0 Å². The molecule has 1 heterocycles. The monoisotopic (exact) mass is 345 g/mol. The number of nitrogens with zero attached hydrogens (tertiary/aromatic N) is 1. The van der Waals surface area contributed by atoms with Gasteiger partial charge in [0.25, 0.3) is 5.91 Å². The summed E-state index contributed by atoms with van der Waals surface area (Å²) >= 11 is 12.1. The molecule has 1 fully saturated rings. The van der Waals surface area contributed by atoms with Crippen molar-refractivity contribution < 1.29 is 19.1 Å². The molecule has 0 aliphatic carbocycles. The summed E-state index contributed by atoms with van der Waals surface area (Å²) in [5, 5.41) is 0.509. The third kappa shape index (κ3) is 3.31. The minimum absolute atomic E-state index is 0.255. The van der Waals surface area contributed by atoms with Crippen molar-refractivity contribution in [3.05, 3.63) is 27.7 Å². The first-order chi connectivity index (χ1) is 10.5. The lowest BCUT2D eigenvalue weighted by Crippen LogP contribution is -2.48. The summed E-state index contributed by atoms with van der Waals surface area (Å²) in [6.45, 7) is 0.500. The van der Waals surface area contributed by atoms with E-state index >= 15 is 0 Å². The second-order valence-electron chi connectivity index (χ2n) is 5.01. The van der Waals surface area contributed by atoms with Gasteiger partial charge in [0.1, 0.15) is 6.04 Å². The summed E-state index contributed by atoms with van der Waals surface area (Å²) in [6, 6.07) is 2.43. The molecule has 5 nitrogen and oxygen atoms in total. The van der Waals surface area contributed by atoms with E-state index in [0.717, 1.165) is 12.8 Å². The van der Waals surface area contributed by atoms with Gasteiger partial charge in [-0.3, -0.25) is 4.79 Å². The summed E-state index contributed by atoms with van der Waals surface area (Å²) in [5.74, 6) is -0.372. The van der Waals surface area contributed by atoms with Gasteiger partial charge in [-0.05, 0) is 31.4 Å². The molecule has 0 saturated carbocycles. The van der Waals surface area contributed by atoms with Gasteiger partial charge in [0, 0.05) is 12.1 Å². The third-order valence-electron chi connectivity index (χ3n) is 3.69. The van der Waals surface area contributed by atoms with Gasteiger partial charge in [0.2, 0.25) is 0 Å². The highest BCUT2D eigenvalue weighted by atomic mass is 35.5.